The summed E-state index contributed by atoms with van der Waals surface area (Å²) in [5.41, 5.74) is 7.55. The molecule has 0 aliphatic rings. The number of hydrogen-bond donors (Lipinski definition) is 1. The van der Waals surface area contributed by atoms with Crippen LogP contribution in [0.1, 0.15) is 17.2 Å². The fourth-order valence-electron chi connectivity index (χ4n) is 1.71. The van der Waals surface area contributed by atoms with Gasteiger partial charge in [-0.25, -0.2) is 4.39 Å². The van der Waals surface area contributed by atoms with Crippen molar-refractivity contribution in [2.75, 3.05) is 6.61 Å². The average Bonchev–Trinajstić information content (AvgIpc) is 2.42. The molecule has 1 atom stereocenters. The predicted octanol–water partition coefficient (Wildman–Crippen LogP) is 3.04. The standard InChI is InChI=1S/C15H16FNO/c16-14-9-5-4-8-13(14)10-18-11-15(17)12-6-2-1-3-7-12/h1-9,15H,10-11,17H2/t15-/m0/s1. The van der Waals surface area contributed by atoms with Crippen molar-refractivity contribution >= 4 is 0 Å². The van der Waals surface area contributed by atoms with Crippen molar-refractivity contribution in [2.24, 2.45) is 5.73 Å². The Morgan fingerprint density at radius 2 is 1.67 bits per heavy atom. The van der Waals surface area contributed by atoms with E-state index in [0.29, 0.717) is 12.2 Å². The number of nitrogens with two attached hydrogens (primary N) is 1. The molecule has 2 aromatic rings. The second-order valence-corrected chi connectivity index (χ2v) is 4.12. The van der Waals surface area contributed by atoms with Crippen LogP contribution in [-0.2, 0) is 11.3 Å². The van der Waals surface area contributed by atoms with E-state index in [1.807, 2.05) is 30.3 Å². The third-order valence-electron chi connectivity index (χ3n) is 2.74. The number of halogens is 1. The minimum atomic E-state index is -0.245. The molecule has 18 heavy (non-hydrogen) atoms. The normalized spacial score (nSPS) is 12.3. The minimum absolute atomic E-state index is 0.182. The molecule has 0 unspecified atom stereocenters. The van der Waals surface area contributed by atoms with E-state index < -0.39 is 0 Å². The van der Waals surface area contributed by atoms with Crippen molar-refractivity contribution < 1.29 is 9.13 Å². The molecule has 2 nitrogen and oxygen atoms in total. The molecule has 0 aromatic heterocycles. The smallest absolute Gasteiger partial charge is 0.128 e. The minimum Gasteiger partial charge on any atom is -0.375 e. The Hall–Kier alpha value is -1.71. The molecule has 2 aromatic carbocycles. The maximum Gasteiger partial charge on any atom is 0.128 e. The Balaban J connectivity index is 1.84. The summed E-state index contributed by atoms with van der Waals surface area (Å²) in [6, 6.07) is 16.1. The molecule has 94 valence electrons. The topological polar surface area (TPSA) is 35.2 Å². The van der Waals surface area contributed by atoms with Crippen LogP contribution < -0.4 is 5.73 Å². The van der Waals surface area contributed by atoms with E-state index in [-0.39, 0.29) is 18.5 Å². The van der Waals surface area contributed by atoms with Gasteiger partial charge in [-0.05, 0) is 11.6 Å². The molecule has 0 saturated carbocycles. The van der Waals surface area contributed by atoms with E-state index in [0.717, 1.165) is 5.56 Å². The number of rotatable bonds is 5. The molecule has 0 aliphatic heterocycles. The summed E-state index contributed by atoms with van der Waals surface area (Å²) < 4.78 is 18.8. The summed E-state index contributed by atoms with van der Waals surface area (Å²) in [5.74, 6) is -0.245. The lowest BCUT2D eigenvalue weighted by Gasteiger charge is -2.12. The molecule has 0 amide bonds. The van der Waals surface area contributed by atoms with Crippen LogP contribution in [0, 0.1) is 5.82 Å². The number of benzene rings is 2. The lowest BCUT2D eigenvalue weighted by molar-refractivity contribution is 0.106. The van der Waals surface area contributed by atoms with Gasteiger partial charge in [-0.15, -0.1) is 0 Å². The first kappa shape index (κ1) is 12.7. The van der Waals surface area contributed by atoms with Crippen molar-refractivity contribution in [3.63, 3.8) is 0 Å². The van der Waals surface area contributed by atoms with Gasteiger partial charge in [0.25, 0.3) is 0 Å². The Morgan fingerprint density at radius 3 is 2.39 bits per heavy atom. The van der Waals surface area contributed by atoms with E-state index in [2.05, 4.69) is 0 Å². The molecule has 0 aliphatic carbocycles. The van der Waals surface area contributed by atoms with Crippen LogP contribution in [0.15, 0.2) is 54.6 Å². The highest BCUT2D eigenvalue weighted by atomic mass is 19.1. The number of hydrogen-bond acceptors (Lipinski definition) is 2. The lowest BCUT2D eigenvalue weighted by Crippen LogP contribution is -2.17. The number of ether oxygens (including phenoxy) is 1. The van der Waals surface area contributed by atoms with Crippen LogP contribution in [0.5, 0.6) is 0 Å². The van der Waals surface area contributed by atoms with Gasteiger partial charge in [0.05, 0.1) is 19.3 Å². The third-order valence-corrected chi connectivity index (χ3v) is 2.74. The zero-order valence-corrected chi connectivity index (χ0v) is 10.1. The van der Waals surface area contributed by atoms with E-state index in [9.17, 15) is 4.39 Å². The molecule has 3 heteroatoms. The van der Waals surface area contributed by atoms with Gasteiger partial charge in [-0.2, -0.15) is 0 Å². The highest BCUT2D eigenvalue weighted by Gasteiger charge is 2.06. The van der Waals surface area contributed by atoms with Gasteiger partial charge < -0.3 is 10.5 Å². The van der Waals surface area contributed by atoms with Gasteiger partial charge in [0, 0.05) is 5.56 Å². The van der Waals surface area contributed by atoms with Crippen LogP contribution in [0.25, 0.3) is 0 Å². The molecule has 0 saturated heterocycles. The zero-order valence-electron chi connectivity index (χ0n) is 10.1. The summed E-state index contributed by atoms with van der Waals surface area (Å²) in [7, 11) is 0. The van der Waals surface area contributed by atoms with Gasteiger partial charge >= 0.3 is 0 Å². The molecule has 0 bridgehead atoms. The first-order valence-corrected chi connectivity index (χ1v) is 5.89. The van der Waals surface area contributed by atoms with Gasteiger partial charge in [-0.1, -0.05) is 48.5 Å². The monoisotopic (exact) mass is 245 g/mol. The summed E-state index contributed by atoms with van der Waals surface area (Å²) in [5, 5.41) is 0. The van der Waals surface area contributed by atoms with Crippen LogP contribution in [0.3, 0.4) is 0 Å². The third kappa shape index (κ3) is 3.39. The van der Waals surface area contributed by atoms with Crippen molar-refractivity contribution in [1.29, 1.82) is 0 Å². The van der Waals surface area contributed by atoms with E-state index >= 15 is 0 Å². The van der Waals surface area contributed by atoms with Crippen molar-refractivity contribution in [3.8, 4) is 0 Å². The molecule has 0 spiro atoms. The first-order chi connectivity index (χ1) is 8.77. The second kappa shape index (κ2) is 6.28. The Bertz CT molecular complexity index is 487. The van der Waals surface area contributed by atoms with E-state index in [4.69, 9.17) is 10.5 Å². The van der Waals surface area contributed by atoms with Crippen molar-refractivity contribution in [2.45, 2.75) is 12.6 Å². The summed E-state index contributed by atoms with van der Waals surface area (Å²) in [6.45, 7) is 0.617. The van der Waals surface area contributed by atoms with Crippen LogP contribution >= 0.6 is 0 Å². The maximum atomic E-state index is 13.3. The predicted molar refractivity (Wildman–Crippen MR) is 69.4 cm³/mol. The maximum absolute atomic E-state index is 13.3. The molecule has 0 fully saturated rings. The molecule has 0 heterocycles. The SMILES string of the molecule is N[C@@H](COCc1ccccc1F)c1ccccc1. The Kier molecular flexibility index (Phi) is 4.45. The van der Waals surface area contributed by atoms with Gasteiger partial charge in [0.1, 0.15) is 5.82 Å². The Morgan fingerprint density at radius 1 is 1.00 bits per heavy atom. The molecule has 0 radical (unpaired) electrons. The summed E-state index contributed by atoms with van der Waals surface area (Å²) in [6.07, 6.45) is 0. The Labute approximate surface area is 106 Å². The second-order valence-electron chi connectivity index (χ2n) is 4.12. The van der Waals surface area contributed by atoms with Gasteiger partial charge in [-0.3, -0.25) is 0 Å². The van der Waals surface area contributed by atoms with Crippen molar-refractivity contribution in [1.82, 2.24) is 0 Å². The van der Waals surface area contributed by atoms with E-state index in [1.165, 1.54) is 6.07 Å². The van der Waals surface area contributed by atoms with Crippen LogP contribution in [0.2, 0.25) is 0 Å². The van der Waals surface area contributed by atoms with Gasteiger partial charge in [0.15, 0.2) is 0 Å². The fourth-order valence-corrected chi connectivity index (χ4v) is 1.71. The quantitative estimate of drug-likeness (QED) is 0.878. The average molecular weight is 245 g/mol. The first-order valence-electron chi connectivity index (χ1n) is 5.89. The van der Waals surface area contributed by atoms with Crippen LogP contribution in [-0.4, -0.2) is 6.61 Å². The van der Waals surface area contributed by atoms with E-state index in [1.54, 1.807) is 18.2 Å². The largest absolute Gasteiger partial charge is 0.375 e. The molecular weight excluding hydrogens is 229 g/mol. The highest BCUT2D eigenvalue weighted by Crippen LogP contribution is 2.12. The van der Waals surface area contributed by atoms with Crippen LogP contribution in [0.4, 0.5) is 4.39 Å². The lowest BCUT2D eigenvalue weighted by atomic mass is 10.1. The molecular formula is C15H16FNO. The van der Waals surface area contributed by atoms with Gasteiger partial charge in [0.2, 0.25) is 0 Å². The summed E-state index contributed by atoms with van der Waals surface area (Å²) in [4.78, 5) is 0. The summed E-state index contributed by atoms with van der Waals surface area (Å²) >= 11 is 0. The zero-order chi connectivity index (χ0) is 12.8. The molecule has 2 rings (SSSR count). The fraction of sp³-hybridized carbons (Fsp3) is 0.200. The highest BCUT2D eigenvalue weighted by molar-refractivity contribution is 5.19. The molecule has 2 N–H and O–H groups in total. The van der Waals surface area contributed by atoms with Crippen molar-refractivity contribution in [3.05, 3.63) is 71.5 Å².